The van der Waals surface area contributed by atoms with Crippen LogP contribution in [0.3, 0.4) is 0 Å². The maximum absolute atomic E-state index is 12.3. The summed E-state index contributed by atoms with van der Waals surface area (Å²) in [7, 11) is 0. The predicted octanol–water partition coefficient (Wildman–Crippen LogP) is -2.05. The van der Waals surface area contributed by atoms with Gasteiger partial charge in [0.05, 0.1) is 91.3 Å². The SMILES string of the molecule is O=C(C=C(CC(=O)OCCOCCO)C(=O)OCOCCOCCO)OCCOCCOCCO. The predicted molar refractivity (Wildman–Crippen MR) is 116 cm³/mol. The fraction of sp³-hybridized carbons (Fsp3) is 0.762. The highest BCUT2D eigenvalue weighted by atomic mass is 16.7. The van der Waals surface area contributed by atoms with Crippen LogP contribution in [0.15, 0.2) is 11.6 Å². The third-order valence-electron chi connectivity index (χ3n) is 3.58. The van der Waals surface area contributed by atoms with Gasteiger partial charge in [-0.15, -0.1) is 0 Å². The molecule has 0 rings (SSSR count). The lowest BCUT2D eigenvalue weighted by Gasteiger charge is -2.10. The second kappa shape index (κ2) is 24.9. The number of hydrogen-bond acceptors (Lipinski definition) is 14. The van der Waals surface area contributed by atoms with Crippen LogP contribution in [0.5, 0.6) is 0 Å². The van der Waals surface area contributed by atoms with Gasteiger partial charge in [-0.05, 0) is 0 Å². The molecule has 0 bridgehead atoms. The fourth-order valence-corrected chi connectivity index (χ4v) is 2.07. The van der Waals surface area contributed by atoms with Crippen LogP contribution < -0.4 is 0 Å². The van der Waals surface area contributed by atoms with Crippen LogP contribution in [0.1, 0.15) is 6.42 Å². The molecule has 0 atom stereocenters. The second-order valence-corrected chi connectivity index (χ2v) is 6.31. The number of esters is 3. The largest absolute Gasteiger partial charge is 0.463 e. The van der Waals surface area contributed by atoms with Crippen molar-refractivity contribution >= 4 is 17.9 Å². The number of carbonyl (C=O) groups excluding carboxylic acids is 3. The molecule has 0 aliphatic rings. The van der Waals surface area contributed by atoms with Crippen molar-refractivity contribution in [3.63, 3.8) is 0 Å². The Kier molecular flexibility index (Phi) is 23.4. The quantitative estimate of drug-likeness (QED) is 0.0422. The molecule has 0 aliphatic heterocycles. The summed E-state index contributed by atoms with van der Waals surface area (Å²) in [6.45, 7) is 0.264. The summed E-state index contributed by atoms with van der Waals surface area (Å²) < 4.78 is 40.0. The van der Waals surface area contributed by atoms with Gasteiger partial charge in [0.2, 0.25) is 0 Å². The first-order valence-electron chi connectivity index (χ1n) is 11.0. The lowest BCUT2D eigenvalue weighted by molar-refractivity contribution is -0.155. The van der Waals surface area contributed by atoms with Crippen LogP contribution in [0.4, 0.5) is 0 Å². The molecule has 14 nitrogen and oxygen atoms in total. The smallest absolute Gasteiger partial charge is 0.336 e. The van der Waals surface area contributed by atoms with Crippen molar-refractivity contribution in [2.75, 3.05) is 99.3 Å². The Morgan fingerprint density at radius 1 is 0.543 bits per heavy atom. The number of carbonyl (C=O) groups is 3. The van der Waals surface area contributed by atoms with Crippen molar-refractivity contribution in [2.45, 2.75) is 6.42 Å². The highest BCUT2D eigenvalue weighted by Crippen LogP contribution is 2.07. The normalized spacial score (nSPS) is 11.3. The standard InChI is InChI=1S/C21H36O14/c22-1-4-28-7-8-31-12-14-34-20(26)16-18(15-19(25)33-13-11-30-6-3-24)21(27)35-17-32-10-9-29-5-2-23/h16,22-24H,1-15,17H2. The van der Waals surface area contributed by atoms with E-state index in [9.17, 15) is 14.4 Å². The summed E-state index contributed by atoms with van der Waals surface area (Å²) >= 11 is 0. The molecule has 0 aromatic carbocycles. The van der Waals surface area contributed by atoms with Gasteiger partial charge >= 0.3 is 17.9 Å². The van der Waals surface area contributed by atoms with Crippen molar-refractivity contribution in [3.8, 4) is 0 Å². The molecular weight excluding hydrogens is 476 g/mol. The zero-order valence-corrected chi connectivity index (χ0v) is 19.7. The Bertz CT molecular complexity index is 580. The van der Waals surface area contributed by atoms with Gasteiger partial charge in [-0.1, -0.05) is 0 Å². The minimum absolute atomic E-state index is 0.0507. The van der Waals surface area contributed by atoms with Crippen molar-refractivity contribution in [2.24, 2.45) is 0 Å². The van der Waals surface area contributed by atoms with Gasteiger partial charge < -0.3 is 53.2 Å². The Balaban J connectivity index is 4.55. The molecule has 0 saturated heterocycles. The second-order valence-electron chi connectivity index (χ2n) is 6.31. The van der Waals surface area contributed by atoms with Crippen molar-refractivity contribution in [1.82, 2.24) is 0 Å². The van der Waals surface area contributed by atoms with Crippen LogP contribution in [0.25, 0.3) is 0 Å². The van der Waals surface area contributed by atoms with Gasteiger partial charge in [0, 0.05) is 6.08 Å². The molecule has 0 amide bonds. The number of hydrogen-bond donors (Lipinski definition) is 3. The number of aliphatic hydroxyl groups excluding tert-OH is 3. The minimum Gasteiger partial charge on any atom is -0.463 e. The third-order valence-corrected chi connectivity index (χ3v) is 3.58. The lowest BCUT2D eigenvalue weighted by atomic mass is 10.2. The summed E-state index contributed by atoms with van der Waals surface area (Å²) in [6, 6.07) is 0. The first-order chi connectivity index (χ1) is 17.0. The van der Waals surface area contributed by atoms with E-state index < -0.39 is 31.1 Å². The van der Waals surface area contributed by atoms with E-state index in [-0.39, 0.29) is 98.1 Å². The molecule has 0 unspecified atom stereocenters. The van der Waals surface area contributed by atoms with Gasteiger partial charge in [-0.2, -0.15) is 0 Å². The topological polar surface area (TPSA) is 186 Å². The van der Waals surface area contributed by atoms with Gasteiger partial charge in [0.15, 0.2) is 6.79 Å². The average molecular weight is 513 g/mol. The molecule has 0 fully saturated rings. The zero-order valence-electron chi connectivity index (χ0n) is 19.7. The maximum atomic E-state index is 12.3. The van der Waals surface area contributed by atoms with E-state index in [0.29, 0.717) is 0 Å². The Hall–Kier alpha value is -2.17. The molecule has 35 heavy (non-hydrogen) atoms. The van der Waals surface area contributed by atoms with E-state index in [1.54, 1.807) is 0 Å². The molecular formula is C21H36O14. The molecule has 0 radical (unpaired) electrons. The third kappa shape index (κ3) is 22.1. The summed E-state index contributed by atoms with van der Waals surface area (Å²) in [4.78, 5) is 36.4. The molecule has 3 N–H and O–H groups in total. The van der Waals surface area contributed by atoms with Crippen molar-refractivity contribution in [1.29, 1.82) is 0 Å². The molecule has 0 heterocycles. The summed E-state index contributed by atoms with van der Waals surface area (Å²) in [5.74, 6) is -2.68. The van der Waals surface area contributed by atoms with Gasteiger partial charge in [0.1, 0.15) is 13.2 Å². The van der Waals surface area contributed by atoms with Crippen LogP contribution in [0, 0.1) is 0 Å². The van der Waals surface area contributed by atoms with E-state index in [2.05, 4.69) is 0 Å². The van der Waals surface area contributed by atoms with Crippen molar-refractivity contribution < 1.29 is 67.6 Å². The summed E-state index contributed by atoms with van der Waals surface area (Å²) in [5.41, 5.74) is -0.310. The first kappa shape index (κ1) is 32.8. The molecule has 14 heteroatoms. The first-order valence-corrected chi connectivity index (χ1v) is 11.0. The molecule has 0 saturated carbocycles. The number of rotatable bonds is 24. The molecule has 204 valence electrons. The minimum atomic E-state index is -0.982. The number of aliphatic hydroxyl groups is 3. The Labute approximate surface area is 203 Å². The molecule has 0 aromatic heterocycles. The zero-order chi connectivity index (χ0) is 26.0. The van der Waals surface area contributed by atoms with Gasteiger partial charge in [-0.3, -0.25) is 4.79 Å². The Morgan fingerprint density at radius 3 is 1.54 bits per heavy atom. The van der Waals surface area contributed by atoms with E-state index in [1.807, 2.05) is 0 Å². The fourth-order valence-electron chi connectivity index (χ4n) is 2.07. The van der Waals surface area contributed by atoms with Gasteiger partial charge in [-0.25, -0.2) is 9.59 Å². The molecule has 0 aromatic rings. The van der Waals surface area contributed by atoms with E-state index >= 15 is 0 Å². The van der Waals surface area contributed by atoms with E-state index in [0.717, 1.165) is 6.08 Å². The molecule has 0 aliphatic carbocycles. The molecule has 0 spiro atoms. The highest BCUT2D eigenvalue weighted by molar-refractivity contribution is 5.99. The average Bonchev–Trinajstić information content (AvgIpc) is 2.84. The van der Waals surface area contributed by atoms with Gasteiger partial charge in [0.25, 0.3) is 0 Å². The monoisotopic (exact) mass is 512 g/mol. The summed E-state index contributed by atoms with van der Waals surface area (Å²) in [5, 5.41) is 25.8. The summed E-state index contributed by atoms with van der Waals surface area (Å²) in [6.07, 6.45) is 0.257. The van der Waals surface area contributed by atoms with Crippen LogP contribution in [-0.4, -0.2) is 133 Å². The van der Waals surface area contributed by atoms with Crippen molar-refractivity contribution in [3.05, 3.63) is 11.6 Å². The van der Waals surface area contributed by atoms with Crippen LogP contribution in [0.2, 0.25) is 0 Å². The maximum Gasteiger partial charge on any atom is 0.336 e. The van der Waals surface area contributed by atoms with E-state index in [4.69, 9.17) is 53.2 Å². The number of ether oxygens (including phenoxy) is 8. The highest BCUT2D eigenvalue weighted by Gasteiger charge is 2.19. The van der Waals surface area contributed by atoms with Crippen LogP contribution in [-0.2, 0) is 52.3 Å². The Morgan fingerprint density at radius 2 is 1.00 bits per heavy atom. The lowest BCUT2D eigenvalue weighted by Crippen LogP contribution is -2.19. The van der Waals surface area contributed by atoms with Crippen LogP contribution >= 0.6 is 0 Å². The van der Waals surface area contributed by atoms with E-state index in [1.165, 1.54) is 0 Å².